The molecule has 5 nitrogen and oxygen atoms in total. The van der Waals surface area contributed by atoms with Crippen molar-refractivity contribution in [3.05, 3.63) is 24.1 Å². The molecule has 98 valence electrons. The Labute approximate surface area is 108 Å². The Balaban J connectivity index is 2.18. The molecular weight excluding hydrogens is 283 g/mol. The zero-order valence-corrected chi connectivity index (χ0v) is 10.8. The van der Waals surface area contributed by atoms with E-state index >= 15 is 0 Å². The lowest BCUT2D eigenvalue weighted by Gasteiger charge is -2.15. The second-order valence-corrected chi connectivity index (χ2v) is 6.91. The molecule has 0 spiro atoms. The zero-order chi connectivity index (χ0) is 13.3. The van der Waals surface area contributed by atoms with E-state index in [0.29, 0.717) is 0 Å². The number of pyridine rings is 1. The van der Waals surface area contributed by atoms with Gasteiger partial charge in [-0.2, -0.15) is 0 Å². The van der Waals surface area contributed by atoms with Gasteiger partial charge in [0.2, 0.25) is 15.0 Å². The molecule has 1 aliphatic heterocycles. The van der Waals surface area contributed by atoms with Crippen LogP contribution in [0.2, 0.25) is 0 Å². The minimum Gasteiger partial charge on any atom is -0.294 e. The van der Waals surface area contributed by atoms with Crippen molar-refractivity contribution in [3.63, 3.8) is 0 Å². The summed E-state index contributed by atoms with van der Waals surface area (Å²) in [5, 5.41) is 0. The first kappa shape index (κ1) is 13.2. The first-order chi connectivity index (χ1) is 8.37. The van der Waals surface area contributed by atoms with Gasteiger partial charge < -0.3 is 0 Å². The van der Waals surface area contributed by atoms with Crippen molar-refractivity contribution in [1.82, 2.24) is 4.98 Å². The highest BCUT2D eigenvalue weighted by molar-refractivity contribution is 8.13. The Morgan fingerprint density at radius 3 is 2.89 bits per heavy atom. The van der Waals surface area contributed by atoms with E-state index in [-0.39, 0.29) is 30.4 Å². The maximum atomic E-state index is 13.5. The first-order valence-electron chi connectivity index (χ1n) is 5.20. The average molecular weight is 293 g/mol. The molecule has 1 saturated heterocycles. The molecule has 1 aliphatic rings. The predicted octanol–water partition coefficient (Wildman–Crippen LogP) is 1.14. The molecular formula is C10H10ClFN2O3S. The van der Waals surface area contributed by atoms with Crippen molar-refractivity contribution in [1.29, 1.82) is 0 Å². The highest BCUT2D eigenvalue weighted by atomic mass is 35.7. The molecule has 0 saturated carbocycles. The second-order valence-electron chi connectivity index (χ2n) is 4.09. The number of hydrogen-bond acceptors (Lipinski definition) is 4. The summed E-state index contributed by atoms with van der Waals surface area (Å²) in [5.74, 6) is -1.76. The quantitative estimate of drug-likeness (QED) is 0.784. The maximum absolute atomic E-state index is 13.5. The zero-order valence-electron chi connectivity index (χ0n) is 9.21. The number of anilines is 1. The van der Waals surface area contributed by atoms with Crippen LogP contribution in [0.1, 0.15) is 6.42 Å². The summed E-state index contributed by atoms with van der Waals surface area (Å²) >= 11 is 0. The molecule has 1 atom stereocenters. The molecule has 1 aromatic heterocycles. The van der Waals surface area contributed by atoms with Crippen molar-refractivity contribution >= 4 is 31.5 Å². The molecule has 2 rings (SSSR count). The van der Waals surface area contributed by atoms with E-state index in [0.717, 1.165) is 4.90 Å². The molecule has 0 aliphatic carbocycles. The van der Waals surface area contributed by atoms with Crippen LogP contribution < -0.4 is 4.90 Å². The maximum Gasteiger partial charge on any atom is 0.232 e. The van der Waals surface area contributed by atoms with Gasteiger partial charge in [0.25, 0.3) is 0 Å². The standard InChI is InChI=1S/C10H10ClFN2O3S/c11-18(16,17)6-7-4-9(15)14(5-7)10-8(12)2-1-3-13-10/h1-3,7H,4-6H2. The van der Waals surface area contributed by atoms with E-state index in [9.17, 15) is 17.6 Å². The van der Waals surface area contributed by atoms with Crippen LogP contribution >= 0.6 is 10.7 Å². The van der Waals surface area contributed by atoms with Crippen molar-refractivity contribution < 1.29 is 17.6 Å². The van der Waals surface area contributed by atoms with Crippen LogP contribution in [0.4, 0.5) is 10.2 Å². The van der Waals surface area contributed by atoms with Crippen LogP contribution in [-0.4, -0.2) is 31.6 Å². The van der Waals surface area contributed by atoms with Gasteiger partial charge in [0.1, 0.15) is 0 Å². The van der Waals surface area contributed by atoms with Gasteiger partial charge in [-0.15, -0.1) is 0 Å². The first-order valence-corrected chi connectivity index (χ1v) is 7.68. The lowest BCUT2D eigenvalue weighted by Crippen LogP contribution is -2.27. The van der Waals surface area contributed by atoms with Crippen LogP contribution in [0.15, 0.2) is 18.3 Å². The molecule has 18 heavy (non-hydrogen) atoms. The summed E-state index contributed by atoms with van der Waals surface area (Å²) in [6.45, 7) is 0.110. The average Bonchev–Trinajstić information content (AvgIpc) is 2.57. The third-order valence-electron chi connectivity index (χ3n) is 2.63. The van der Waals surface area contributed by atoms with Crippen LogP contribution in [0, 0.1) is 11.7 Å². The summed E-state index contributed by atoms with van der Waals surface area (Å²) in [6, 6.07) is 2.61. The summed E-state index contributed by atoms with van der Waals surface area (Å²) in [4.78, 5) is 16.6. The Morgan fingerprint density at radius 1 is 1.56 bits per heavy atom. The molecule has 8 heteroatoms. The lowest BCUT2D eigenvalue weighted by molar-refractivity contribution is -0.117. The van der Waals surface area contributed by atoms with Gasteiger partial charge >= 0.3 is 0 Å². The molecule has 0 radical (unpaired) electrons. The van der Waals surface area contributed by atoms with Gasteiger partial charge in [-0.25, -0.2) is 17.8 Å². The normalized spacial score (nSPS) is 20.4. The van der Waals surface area contributed by atoms with E-state index in [4.69, 9.17) is 10.7 Å². The fourth-order valence-electron chi connectivity index (χ4n) is 1.96. The molecule has 1 unspecified atom stereocenters. The van der Waals surface area contributed by atoms with Crippen molar-refractivity contribution in [2.75, 3.05) is 17.2 Å². The van der Waals surface area contributed by atoms with Gasteiger partial charge in [-0.05, 0) is 12.1 Å². The minimum atomic E-state index is -3.67. The Kier molecular flexibility index (Phi) is 3.54. The van der Waals surface area contributed by atoms with E-state index in [1.165, 1.54) is 18.3 Å². The number of aromatic nitrogens is 1. The topological polar surface area (TPSA) is 67.3 Å². The summed E-state index contributed by atoms with van der Waals surface area (Å²) < 4.78 is 35.4. The number of carbonyl (C=O) groups is 1. The molecule has 0 bridgehead atoms. The number of amides is 1. The van der Waals surface area contributed by atoms with Crippen molar-refractivity contribution in [2.24, 2.45) is 5.92 Å². The van der Waals surface area contributed by atoms with Gasteiger partial charge in [0.05, 0.1) is 5.75 Å². The summed E-state index contributed by atoms with van der Waals surface area (Å²) in [7, 11) is 1.47. The molecule has 1 aromatic rings. The van der Waals surface area contributed by atoms with Crippen LogP contribution in [0.5, 0.6) is 0 Å². The van der Waals surface area contributed by atoms with Crippen LogP contribution in [0.25, 0.3) is 0 Å². The fraction of sp³-hybridized carbons (Fsp3) is 0.400. The predicted molar refractivity (Wildman–Crippen MR) is 64.3 cm³/mol. The Hall–Kier alpha value is -1.21. The van der Waals surface area contributed by atoms with E-state index in [1.54, 1.807) is 0 Å². The molecule has 2 heterocycles. The Morgan fingerprint density at radius 2 is 2.28 bits per heavy atom. The third kappa shape index (κ3) is 2.97. The summed E-state index contributed by atoms with van der Waals surface area (Å²) in [5.41, 5.74) is 0. The highest BCUT2D eigenvalue weighted by Gasteiger charge is 2.34. The van der Waals surface area contributed by atoms with Gasteiger partial charge in [-0.3, -0.25) is 9.69 Å². The monoisotopic (exact) mass is 292 g/mol. The molecule has 1 fully saturated rings. The van der Waals surface area contributed by atoms with Gasteiger partial charge in [-0.1, -0.05) is 0 Å². The largest absolute Gasteiger partial charge is 0.294 e. The number of hydrogen-bond donors (Lipinski definition) is 0. The van der Waals surface area contributed by atoms with E-state index < -0.39 is 20.8 Å². The lowest BCUT2D eigenvalue weighted by atomic mass is 10.1. The SMILES string of the molecule is O=C1CC(CS(=O)(=O)Cl)CN1c1ncccc1F. The number of rotatable bonds is 3. The van der Waals surface area contributed by atoms with E-state index in [2.05, 4.69) is 4.98 Å². The van der Waals surface area contributed by atoms with Crippen LogP contribution in [0.3, 0.4) is 0 Å². The van der Waals surface area contributed by atoms with Crippen molar-refractivity contribution in [2.45, 2.75) is 6.42 Å². The molecule has 1 amide bonds. The minimum absolute atomic E-state index is 0.0297. The van der Waals surface area contributed by atoms with Gasteiger partial charge in [0.15, 0.2) is 11.6 Å². The third-order valence-corrected chi connectivity index (χ3v) is 3.88. The molecule has 0 N–H and O–H groups in total. The second kappa shape index (κ2) is 4.81. The number of nitrogens with zero attached hydrogens (tertiary/aromatic N) is 2. The number of halogens is 2. The Bertz CT molecular complexity index is 578. The fourth-order valence-corrected chi connectivity index (χ4v) is 3.28. The van der Waals surface area contributed by atoms with E-state index in [1.807, 2.05) is 0 Å². The van der Waals surface area contributed by atoms with Crippen LogP contribution in [-0.2, 0) is 13.8 Å². The molecule has 0 aromatic carbocycles. The highest BCUT2D eigenvalue weighted by Crippen LogP contribution is 2.26. The summed E-state index contributed by atoms with van der Waals surface area (Å²) in [6.07, 6.45) is 1.40. The van der Waals surface area contributed by atoms with Gasteiger partial charge in [0, 0.05) is 35.8 Å². The van der Waals surface area contributed by atoms with Crippen molar-refractivity contribution in [3.8, 4) is 0 Å². The smallest absolute Gasteiger partial charge is 0.232 e. The number of carbonyl (C=O) groups excluding carboxylic acids is 1.